The zero-order chi connectivity index (χ0) is 12.0. The molecule has 0 aromatic carbocycles. The van der Waals surface area contributed by atoms with E-state index in [4.69, 9.17) is 10.2 Å². The standard InChI is InChI=1S/C11H21NO4/c13-5-3-9-2-1-4-12(7-9)8-10(14)6-11(15)16/h9-10,13-14H,1-8H2,(H,15,16). The maximum atomic E-state index is 10.4. The first-order valence-corrected chi connectivity index (χ1v) is 5.85. The fourth-order valence-electron chi connectivity index (χ4n) is 2.30. The number of aliphatic hydroxyl groups excluding tert-OH is 2. The average Bonchev–Trinajstić information content (AvgIpc) is 2.17. The number of carboxylic acids is 1. The van der Waals surface area contributed by atoms with Crippen molar-refractivity contribution in [1.82, 2.24) is 4.90 Å². The number of hydrogen-bond donors (Lipinski definition) is 3. The Morgan fingerprint density at radius 3 is 2.88 bits per heavy atom. The summed E-state index contributed by atoms with van der Waals surface area (Å²) in [5.41, 5.74) is 0. The molecule has 0 amide bonds. The summed E-state index contributed by atoms with van der Waals surface area (Å²) in [7, 11) is 0. The second kappa shape index (κ2) is 6.83. The first-order valence-electron chi connectivity index (χ1n) is 5.85. The van der Waals surface area contributed by atoms with Crippen LogP contribution in [0.5, 0.6) is 0 Å². The number of hydrogen-bond acceptors (Lipinski definition) is 4. The molecule has 0 bridgehead atoms. The molecule has 1 aliphatic heterocycles. The van der Waals surface area contributed by atoms with Gasteiger partial charge in [0.25, 0.3) is 0 Å². The molecule has 1 saturated heterocycles. The van der Waals surface area contributed by atoms with Crippen LogP contribution in [0.25, 0.3) is 0 Å². The number of carboxylic acid groups (broad SMARTS) is 1. The van der Waals surface area contributed by atoms with E-state index < -0.39 is 12.1 Å². The van der Waals surface area contributed by atoms with Crippen LogP contribution in [-0.2, 0) is 4.79 Å². The van der Waals surface area contributed by atoms with Crippen LogP contribution in [0.3, 0.4) is 0 Å². The molecule has 0 aromatic rings. The second-order valence-electron chi connectivity index (χ2n) is 4.53. The summed E-state index contributed by atoms with van der Waals surface area (Å²) in [4.78, 5) is 12.5. The van der Waals surface area contributed by atoms with Crippen molar-refractivity contribution in [2.24, 2.45) is 5.92 Å². The van der Waals surface area contributed by atoms with Crippen molar-refractivity contribution < 1.29 is 20.1 Å². The van der Waals surface area contributed by atoms with Crippen molar-refractivity contribution in [3.8, 4) is 0 Å². The van der Waals surface area contributed by atoms with Gasteiger partial charge in [0, 0.05) is 19.7 Å². The van der Waals surface area contributed by atoms with E-state index in [9.17, 15) is 9.90 Å². The molecule has 5 nitrogen and oxygen atoms in total. The Balaban J connectivity index is 2.28. The van der Waals surface area contributed by atoms with Crippen molar-refractivity contribution in [2.75, 3.05) is 26.2 Å². The quantitative estimate of drug-likeness (QED) is 0.595. The Hall–Kier alpha value is -0.650. The number of aliphatic carboxylic acids is 1. The summed E-state index contributed by atoms with van der Waals surface area (Å²) >= 11 is 0. The number of likely N-dealkylation sites (tertiary alicyclic amines) is 1. The molecule has 1 heterocycles. The molecule has 1 aliphatic rings. The van der Waals surface area contributed by atoms with Crippen LogP contribution in [0.2, 0.25) is 0 Å². The minimum atomic E-state index is -0.962. The normalized spacial score (nSPS) is 24.2. The van der Waals surface area contributed by atoms with Gasteiger partial charge in [-0.05, 0) is 31.7 Å². The van der Waals surface area contributed by atoms with Crippen LogP contribution in [0.1, 0.15) is 25.7 Å². The van der Waals surface area contributed by atoms with Gasteiger partial charge >= 0.3 is 5.97 Å². The third-order valence-corrected chi connectivity index (χ3v) is 3.02. The molecule has 0 aliphatic carbocycles. The van der Waals surface area contributed by atoms with Gasteiger partial charge < -0.3 is 20.2 Å². The van der Waals surface area contributed by atoms with Crippen LogP contribution in [0, 0.1) is 5.92 Å². The summed E-state index contributed by atoms with van der Waals surface area (Å²) in [6.07, 6.45) is 1.99. The average molecular weight is 231 g/mol. The zero-order valence-corrected chi connectivity index (χ0v) is 9.51. The van der Waals surface area contributed by atoms with Gasteiger partial charge in [0.2, 0.25) is 0 Å². The highest BCUT2D eigenvalue weighted by molar-refractivity contribution is 5.67. The number of aliphatic hydroxyl groups is 2. The molecule has 0 radical (unpaired) electrons. The SMILES string of the molecule is O=C(O)CC(O)CN1CCCC(CCO)C1. The molecule has 2 unspecified atom stereocenters. The highest BCUT2D eigenvalue weighted by atomic mass is 16.4. The van der Waals surface area contributed by atoms with Gasteiger partial charge in [-0.2, -0.15) is 0 Å². The van der Waals surface area contributed by atoms with Crippen LogP contribution >= 0.6 is 0 Å². The number of β-amino-alcohol motifs (C(OH)–C–C–N with tert-alkyl or cyclic N) is 1. The Morgan fingerprint density at radius 2 is 2.25 bits per heavy atom. The summed E-state index contributed by atoms with van der Waals surface area (Å²) < 4.78 is 0. The fraction of sp³-hybridized carbons (Fsp3) is 0.909. The van der Waals surface area contributed by atoms with E-state index >= 15 is 0 Å². The molecular weight excluding hydrogens is 210 g/mol. The number of piperidine rings is 1. The van der Waals surface area contributed by atoms with Gasteiger partial charge in [-0.25, -0.2) is 0 Å². The van der Waals surface area contributed by atoms with Gasteiger partial charge in [-0.15, -0.1) is 0 Å². The molecule has 0 saturated carbocycles. The lowest BCUT2D eigenvalue weighted by Gasteiger charge is -2.33. The second-order valence-corrected chi connectivity index (χ2v) is 4.53. The van der Waals surface area contributed by atoms with Crippen molar-refractivity contribution in [2.45, 2.75) is 31.8 Å². The monoisotopic (exact) mass is 231 g/mol. The number of rotatable bonds is 6. The molecule has 0 spiro atoms. The Morgan fingerprint density at radius 1 is 1.50 bits per heavy atom. The van der Waals surface area contributed by atoms with Gasteiger partial charge in [0.05, 0.1) is 12.5 Å². The number of nitrogens with zero attached hydrogens (tertiary/aromatic N) is 1. The Labute approximate surface area is 95.7 Å². The third kappa shape index (κ3) is 4.92. The minimum absolute atomic E-state index is 0.193. The molecule has 3 N–H and O–H groups in total. The van der Waals surface area contributed by atoms with Crippen LogP contribution < -0.4 is 0 Å². The number of carbonyl (C=O) groups is 1. The summed E-state index contributed by atoms with van der Waals surface area (Å²) in [5, 5.41) is 26.9. The lowest BCUT2D eigenvalue weighted by Crippen LogP contribution is -2.40. The molecular formula is C11H21NO4. The molecule has 5 heteroatoms. The predicted octanol–water partition coefficient (Wildman–Crippen LogP) is -0.0836. The van der Waals surface area contributed by atoms with Crippen LogP contribution in [-0.4, -0.2) is 58.5 Å². The maximum Gasteiger partial charge on any atom is 0.306 e. The minimum Gasteiger partial charge on any atom is -0.481 e. The molecule has 1 rings (SSSR count). The van der Waals surface area contributed by atoms with Gasteiger partial charge in [0.15, 0.2) is 0 Å². The van der Waals surface area contributed by atoms with Crippen molar-refractivity contribution >= 4 is 5.97 Å². The van der Waals surface area contributed by atoms with E-state index in [2.05, 4.69) is 4.90 Å². The third-order valence-electron chi connectivity index (χ3n) is 3.02. The molecule has 16 heavy (non-hydrogen) atoms. The molecule has 0 aromatic heterocycles. The largest absolute Gasteiger partial charge is 0.481 e. The zero-order valence-electron chi connectivity index (χ0n) is 9.51. The Bertz CT molecular complexity index is 220. The summed E-state index contributed by atoms with van der Waals surface area (Å²) in [5.74, 6) is -0.479. The van der Waals surface area contributed by atoms with E-state index in [0.717, 1.165) is 32.4 Å². The molecule has 94 valence electrons. The first-order chi connectivity index (χ1) is 7.61. The van der Waals surface area contributed by atoms with E-state index in [1.165, 1.54) is 0 Å². The predicted molar refractivity (Wildman–Crippen MR) is 59.1 cm³/mol. The van der Waals surface area contributed by atoms with Crippen molar-refractivity contribution in [1.29, 1.82) is 0 Å². The van der Waals surface area contributed by atoms with Gasteiger partial charge in [-0.1, -0.05) is 0 Å². The fourth-order valence-corrected chi connectivity index (χ4v) is 2.30. The van der Waals surface area contributed by atoms with Crippen LogP contribution in [0.4, 0.5) is 0 Å². The van der Waals surface area contributed by atoms with Crippen LogP contribution in [0.15, 0.2) is 0 Å². The highest BCUT2D eigenvalue weighted by Crippen LogP contribution is 2.19. The van der Waals surface area contributed by atoms with E-state index in [1.807, 2.05) is 0 Å². The van der Waals surface area contributed by atoms with E-state index in [-0.39, 0.29) is 13.0 Å². The molecule has 1 fully saturated rings. The van der Waals surface area contributed by atoms with E-state index in [1.54, 1.807) is 0 Å². The Kier molecular flexibility index (Phi) is 5.73. The highest BCUT2D eigenvalue weighted by Gasteiger charge is 2.22. The first kappa shape index (κ1) is 13.4. The van der Waals surface area contributed by atoms with Gasteiger partial charge in [0.1, 0.15) is 0 Å². The van der Waals surface area contributed by atoms with Crippen molar-refractivity contribution in [3.05, 3.63) is 0 Å². The van der Waals surface area contributed by atoms with Gasteiger partial charge in [-0.3, -0.25) is 4.79 Å². The lowest BCUT2D eigenvalue weighted by atomic mass is 9.95. The van der Waals surface area contributed by atoms with Crippen molar-refractivity contribution in [3.63, 3.8) is 0 Å². The lowest BCUT2D eigenvalue weighted by molar-refractivity contribution is -0.139. The smallest absolute Gasteiger partial charge is 0.306 e. The summed E-state index contributed by atoms with van der Waals surface area (Å²) in [6.45, 7) is 2.40. The topological polar surface area (TPSA) is 81.0 Å². The van der Waals surface area contributed by atoms with E-state index in [0.29, 0.717) is 12.5 Å². The molecule has 2 atom stereocenters. The maximum absolute atomic E-state index is 10.4. The summed E-state index contributed by atoms with van der Waals surface area (Å²) in [6, 6.07) is 0.